The van der Waals surface area contributed by atoms with E-state index in [0.29, 0.717) is 10.6 Å². The average Bonchev–Trinajstić information content (AvgIpc) is 2.81. The highest BCUT2D eigenvalue weighted by atomic mass is 35.5. The van der Waals surface area contributed by atoms with Crippen LogP contribution in [0.5, 0.6) is 0 Å². The van der Waals surface area contributed by atoms with Gasteiger partial charge < -0.3 is 9.64 Å². The first-order valence-corrected chi connectivity index (χ1v) is 9.72. The fraction of sp³-hybridized carbons (Fsp3) is 0.588. The van der Waals surface area contributed by atoms with E-state index < -0.39 is 0 Å². The molecule has 126 valence electrons. The van der Waals surface area contributed by atoms with Crippen molar-refractivity contribution in [2.75, 3.05) is 50.9 Å². The van der Waals surface area contributed by atoms with E-state index >= 15 is 0 Å². The van der Waals surface area contributed by atoms with Crippen LogP contribution in [0.2, 0.25) is 5.02 Å². The standard InChI is InChI=1S/C17H23ClN2O2S/c18-15-4-1-3-14(11-15)17(21)20-5-2-10-23-13-16(20)12-19-6-8-22-9-7-19/h1,3-4,11,16H,2,5-10,12-13H2. The lowest BCUT2D eigenvalue weighted by molar-refractivity contribution is 0.0245. The van der Waals surface area contributed by atoms with Crippen LogP contribution in [0.15, 0.2) is 24.3 Å². The van der Waals surface area contributed by atoms with Gasteiger partial charge in [-0.3, -0.25) is 9.69 Å². The number of benzene rings is 1. The molecule has 6 heteroatoms. The summed E-state index contributed by atoms with van der Waals surface area (Å²) in [5.74, 6) is 2.23. The predicted molar refractivity (Wildman–Crippen MR) is 95.5 cm³/mol. The predicted octanol–water partition coefficient (Wildman–Crippen LogP) is 2.62. The zero-order chi connectivity index (χ0) is 16.1. The van der Waals surface area contributed by atoms with Crippen LogP contribution < -0.4 is 0 Å². The van der Waals surface area contributed by atoms with Crippen molar-refractivity contribution in [1.82, 2.24) is 9.80 Å². The Balaban J connectivity index is 1.73. The first-order chi connectivity index (χ1) is 11.2. The number of hydrogen-bond acceptors (Lipinski definition) is 4. The number of carbonyl (C=O) groups excluding carboxylic acids is 1. The summed E-state index contributed by atoms with van der Waals surface area (Å²) in [5.41, 5.74) is 0.691. The highest BCUT2D eigenvalue weighted by molar-refractivity contribution is 7.99. The van der Waals surface area contributed by atoms with Crippen LogP contribution in [0.4, 0.5) is 0 Å². The number of rotatable bonds is 3. The smallest absolute Gasteiger partial charge is 0.254 e. The molecule has 4 nitrogen and oxygen atoms in total. The zero-order valence-electron chi connectivity index (χ0n) is 13.2. The molecular formula is C17H23ClN2O2S. The fourth-order valence-electron chi connectivity index (χ4n) is 3.12. The third-order valence-electron chi connectivity index (χ3n) is 4.34. The minimum absolute atomic E-state index is 0.105. The van der Waals surface area contributed by atoms with Gasteiger partial charge in [0.05, 0.1) is 19.3 Å². The number of halogens is 1. The normalized spacial score (nSPS) is 23.5. The van der Waals surface area contributed by atoms with Gasteiger partial charge in [0, 0.05) is 42.5 Å². The molecule has 0 saturated carbocycles. The number of ether oxygens (including phenoxy) is 1. The minimum Gasteiger partial charge on any atom is -0.379 e. The summed E-state index contributed by atoms with van der Waals surface area (Å²) in [6.07, 6.45) is 1.05. The monoisotopic (exact) mass is 354 g/mol. The third-order valence-corrected chi connectivity index (χ3v) is 5.78. The van der Waals surface area contributed by atoms with Gasteiger partial charge in [-0.2, -0.15) is 11.8 Å². The van der Waals surface area contributed by atoms with Gasteiger partial charge in [-0.05, 0) is 30.4 Å². The Hall–Kier alpha value is -0.750. The van der Waals surface area contributed by atoms with E-state index in [0.717, 1.165) is 57.3 Å². The molecule has 0 radical (unpaired) electrons. The van der Waals surface area contributed by atoms with Gasteiger partial charge in [0.2, 0.25) is 0 Å². The quantitative estimate of drug-likeness (QED) is 0.835. The molecule has 0 N–H and O–H groups in total. The Kier molecular flexibility index (Phi) is 6.22. The van der Waals surface area contributed by atoms with Crippen molar-refractivity contribution in [2.45, 2.75) is 12.5 Å². The molecule has 1 unspecified atom stereocenters. The summed E-state index contributed by atoms with van der Waals surface area (Å²) in [4.78, 5) is 17.4. The minimum atomic E-state index is 0.105. The highest BCUT2D eigenvalue weighted by Crippen LogP contribution is 2.21. The maximum absolute atomic E-state index is 13.0. The second-order valence-corrected chi connectivity index (χ2v) is 7.59. The van der Waals surface area contributed by atoms with Crippen LogP contribution in [0.1, 0.15) is 16.8 Å². The summed E-state index contributed by atoms with van der Waals surface area (Å²) in [6, 6.07) is 7.54. The molecule has 0 aliphatic carbocycles. The average molecular weight is 355 g/mol. The fourth-order valence-corrected chi connectivity index (χ4v) is 4.36. The Bertz CT molecular complexity index is 537. The SMILES string of the molecule is O=C(c1cccc(Cl)c1)N1CCCSCC1CN1CCOCC1. The number of nitrogens with zero attached hydrogens (tertiary/aromatic N) is 2. The lowest BCUT2D eigenvalue weighted by Crippen LogP contribution is -2.50. The molecule has 1 aromatic rings. The van der Waals surface area contributed by atoms with E-state index in [1.54, 1.807) is 6.07 Å². The second-order valence-electron chi connectivity index (χ2n) is 6.00. The molecule has 2 heterocycles. The van der Waals surface area contributed by atoms with Gasteiger partial charge in [-0.15, -0.1) is 0 Å². The summed E-state index contributed by atoms with van der Waals surface area (Å²) in [7, 11) is 0. The third kappa shape index (κ3) is 4.63. The maximum Gasteiger partial charge on any atom is 0.254 e. The van der Waals surface area contributed by atoms with Crippen LogP contribution in [0.25, 0.3) is 0 Å². The lowest BCUT2D eigenvalue weighted by Gasteiger charge is -2.35. The number of amides is 1. The van der Waals surface area contributed by atoms with Crippen molar-refractivity contribution < 1.29 is 9.53 Å². The Morgan fingerprint density at radius 3 is 2.91 bits per heavy atom. The zero-order valence-corrected chi connectivity index (χ0v) is 14.8. The summed E-state index contributed by atoms with van der Waals surface area (Å²) in [5, 5.41) is 0.616. The maximum atomic E-state index is 13.0. The molecular weight excluding hydrogens is 332 g/mol. The lowest BCUT2D eigenvalue weighted by atomic mass is 10.1. The van der Waals surface area contributed by atoms with Crippen molar-refractivity contribution in [3.05, 3.63) is 34.9 Å². The van der Waals surface area contributed by atoms with Crippen LogP contribution in [0.3, 0.4) is 0 Å². The number of carbonyl (C=O) groups is 1. The van der Waals surface area contributed by atoms with E-state index in [-0.39, 0.29) is 11.9 Å². The molecule has 2 aliphatic heterocycles. The molecule has 2 fully saturated rings. The molecule has 2 aliphatic rings. The van der Waals surface area contributed by atoms with Gasteiger partial charge in [-0.1, -0.05) is 17.7 Å². The molecule has 0 aromatic heterocycles. The number of morpholine rings is 1. The van der Waals surface area contributed by atoms with E-state index in [4.69, 9.17) is 16.3 Å². The van der Waals surface area contributed by atoms with E-state index in [1.807, 2.05) is 30.0 Å². The first-order valence-electron chi connectivity index (χ1n) is 8.18. The largest absolute Gasteiger partial charge is 0.379 e. The Labute approximate surface area is 147 Å². The summed E-state index contributed by atoms with van der Waals surface area (Å²) in [6.45, 7) is 5.26. The molecule has 23 heavy (non-hydrogen) atoms. The van der Waals surface area contributed by atoms with E-state index in [9.17, 15) is 4.79 Å². The van der Waals surface area contributed by atoms with E-state index in [2.05, 4.69) is 9.80 Å². The van der Waals surface area contributed by atoms with Gasteiger partial charge in [0.25, 0.3) is 5.91 Å². The Morgan fingerprint density at radius 2 is 2.13 bits per heavy atom. The van der Waals surface area contributed by atoms with Gasteiger partial charge in [0.15, 0.2) is 0 Å². The molecule has 1 amide bonds. The number of hydrogen-bond donors (Lipinski definition) is 0. The van der Waals surface area contributed by atoms with Crippen molar-refractivity contribution >= 4 is 29.3 Å². The molecule has 2 saturated heterocycles. The van der Waals surface area contributed by atoms with Crippen LogP contribution in [-0.2, 0) is 4.74 Å². The van der Waals surface area contributed by atoms with Crippen molar-refractivity contribution in [1.29, 1.82) is 0 Å². The van der Waals surface area contributed by atoms with Gasteiger partial charge in [-0.25, -0.2) is 0 Å². The highest BCUT2D eigenvalue weighted by Gasteiger charge is 2.28. The molecule has 1 atom stereocenters. The van der Waals surface area contributed by atoms with E-state index in [1.165, 1.54) is 0 Å². The molecule has 0 spiro atoms. The van der Waals surface area contributed by atoms with Crippen molar-refractivity contribution in [3.63, 3.8) is 0 Å². The molecule has 0 bridgehead atoms. The van der Waals surface area contributed by atoms with Crippen molar-refractivity contribution in [3.8, 4) is 0 Å². The van der Waals surface area contributed by atoms with Crippen LogP contribution >= 0.6 is 23.4 Å². The van der Waals surface area contributed by atoms with Gasteiger partial charge >= 0.3 is 0 Å². The molecule has 1 aromatic carbocycles. The summed E-state index contributed by atoms with van der Waals surface area (Å²) < 4.78 is 5.43. The Morgan fingerprint density at radius 1 is 1.30 bits per heavy atom. The topological polar surface area (TPSA) is 32.8 Å². The summed E-state index contributed by atoms with van der Waals surface area (Å²) >= 11 is 8.01. The first kappa shape index (κ1) is 17.1. The number of thioether (sulfide) groups is 1. The van der Waals surface area contributed by atoms with Crippen molar-refractivity contribution in [2.24, 2.45) is 0 Å². The molecule has 3 rings (SSSR count). The van der Waals surface area contributed by atoms with Gasteiger partial charge in [0.1, 0.15) is 0 Å². The second kappa shape index (κ2) is 8.38. The van der Waals surface area contributed by atoms with Crippen LogP contribution in [-0.4, -0.2) is 72.6 Å². The van der Waals surface area contributed by atoms with Crippen LogP contribution in [0, 0.1) is 0 Å².